The monoisotopic (exact) mass is 197 g/mol. The van der Waals surface area contributed by atoms with Crippen molar-refractivity contribution in [2.24, 2.45) is 0 Å². The summed E-state index contributed by atoms with van der Waals surface area (Å²) in [5.41, 5.74) is 0.794. The average molecular weight is 197 g/mol. The number of aromatic carboxylic acids is 1. The van der Waals surface area contributed by atoms with Gasteiger partial charge in [-0.05, 0) is 13.3 Å². The van der Waals surface area contributed by atoms with Crippen molar-refractivity contribution < 1.29 is 14.4 Å². The fourth-order valence-electron chi connectivity index (χ4n) is 1.56. The molecule has 0 radical (unpaired) electrons. The predicted molar refractivity (Wildman–Crippen MR) is 51.5 cm³/mol. The van der Waals surface area contributed by atoms with Gasteiger partial charge in [0.2, 0.25) is 0 Å². The number of hydrogen-bond acceptors (Lipinski definition) is 3. The summed E-state index contributed by atoms with van der Waals surface area (Å²) in [6.07, 6.45) is 1.93. The molecule has 0 aliphatic rings. The van der Waals surface area contributed by atoms with E-state index in [2.05, 4.69) is 12.1 Å². The number of aryl methyl sites for hydroxylation is 1. The maximum Gasteiger partial charge on any atom is 0.341 e. The Morgan fingerprint density at radius 2 is 2.29 bits per heavy atom. The first-order valence-corrected chi connectivity index (χ1v) is 4.77. The third kappa shape index (κ3) is 1.95. The van der Waals surface area contributed by atoms with Crippen LogP contribution < -0.4 is 0 Å². The molecule has 0 saturated heterocycles. The van der Waals surface area contributed by atoms with Crippen molar-refractivity contribution in [3.63, 3.8) is 0 Å². The van der Waals surface area contributed by atoms with Crippen molar-refractivity contribution in [3.05, 3.63) is 17.0 Å². The van der Waals surface area contributed by atoms with Crippen molar-refractivity contribution in [2.45, 2.75) is 39.5 Å². The molecule has 4 nitrogen and oxygen atoms in total. The highest BCUT2D eigenvalue weighted by molar-refractivity contribution is 5.90. The van der Waals surface area contributed by atoms with Crippen LogP contribution in [0.25, 0.3) is 0 Å². The number of nitrogens with zero attached hydrogens (tertiary/aromatic N) is 1. The smallest absolute Gasteiger partial charge is 0.341 e. The van der Waals surface area contributed by atoms with E-state index < -0.39 is 5.97 Å². The Morgan fingerprint density at radius 3 is 2.79 bits per heavy atom. The first kappa shape index (κ1) is 10.8. The molecule has 0 spiro atoms. The van der Waals surface area contributed by atoms with E-state index in [1.54, 1.807) is 6.92 Å². The van der Waals surface area contributed by atoms with Gasteiger partial charge < -0.3 is 9.63 Å². The van der Waals surface area contributed by atoms with Gasteiger partial charge in [0.1, 0.15) is 17.0 Å². The van der Waals surface area contributed by atoms with Crippen LogP contribution in [-0.4, -0.2) is 16.2 Å². The Labute approximate surface area is 82.9 Å². The molecule has 1 aromatic rings. The molecule has 78 valence electrons. The Hall–Kier alpha value is -1.32. The third-order valence-electron chi connectivity index (χ3n) is 2.29. The molecule has 0 bridgehead atoms. The van der Waals surface area contributed by atoms with E-state index in [1.807, 2.05) is 6.92 Å². The van der Waals surface area contributed by atoms with Crippen LogP contribution in [-0.2, 0) is 0 Å². The summed E-state index contributed by atoms with van der Waals surface area (Å²) in [6, 6.07) is 0. The highest BCUT2D eigenvalue weighted by Crippen LogP contribution is 2.25. The van der Waals surface area contributed by atoms with Crippen molar-refractivity contribution in [3.8, 4) is 0 Å². The van der Waals surface area contributed by atoms with E-state index in [4.69, 9.17) is 9.63 Å². The van der Waals surface area contributed by atoms with Crippen LogP contribution in [0.15, 0.2) is 4.52 Å². The first-order chi connectivity index (χ1) is 6.57. The zero-order valence-electron chi connectivity index (χ0n) is 8.70. The molecule has 1 N–H and O–H groups in total. The van der Waals surface area contributed by atoms with Gasteiger partial charge in [-0.1, -0.05) is 25.4 Å². The Balaban J connectivity index is 3.02. The number of carboxylic acid groups (broad SMARTS) is 1. The third-order valence-corrected chi connectivity index (χ3v) is 2.29. The van der Waals surface area contributed by atoms with E-state index >= 15 is 0 Å². The molecule has 1 rings (SSSR count). The van der Waals surface area contributed by atoms with Gasteiger partial charge in [-0.3, -0.25) is 0 Å². The molecule has 1 aromatic heterocycles. The van der Waals surface area contributed by atoms with E-state index in [9.17, 15) is 4.79 Å². The molecule has 0 aliphatic carbocycles. The highest BCUT2D eigenvalue weighted by Gasteiger charge is 2.22. The lowest BCUT2D eigenvalue weighted by Gasteiger charge is -2.06. The van der Waals surface area contributed by atoms with Crippen molar-refractivity contribution in [1.82, 2.24) is 5.16 Å². The van der Waals surface area contributed by atoms with E-state index in [0.29, 0.717) is 11.5 Å². The van der Waals surface area contributed by atoms with E-state index in [1.165, 1.54) is 0 Å². The van der Waals surface area contributed by atoms with Crippen LogP contribution in [0.3, 0.4) is 0 Å². The Morgan fingerprint density at radius 1 is 1.64 bits per heavy atom. The van der Waals surface area contributed by atoms with Gasteiger partial charge in [0, 0.05) is 5.92 Å². The van der Waals surface area contributed by atoms with Gasteiger partial charge >= 0.3 is 5.97 Å². The zero-order chi connectivity index (χ0) is 10.7. The van der Waals surface area contributed by atoms with Crippen LogP contribution in [0, 0.1) is 6.92 Å². The number of aromatic nitrogens is 1. The SMILES string of the molecule is CCCC(C)c1noc(C)c1C(=O)O. The number of carboxylic acids is 1. The lowest BCUT2D eigenvalue weighted by atomic mass is 9.98. The van der Waals surface area contributed by atoms with Crippen molar-refractivity contribution in [2.75, 3.05) is 0 Å². The van der Waals surface area contributed by atoms with Gasteiger partial charge in [-0.15, -0.1) is 0 Å². The summed E-state index contributed by atoms with van der Waals surface area (Å²) < 4.78 is 4.89. The minimum atomic E-state index is -0.957. The summed E-state index contributed by atoms with van der Waals surface area (Å²) in [5.74, 6) is -0.430. The molecule has 14 heavy (non-hydrogen) atoms. The van der Waals surface area contributed by atoms with Crippen molar-refractivity contribution in [1.29, 1.82) is 0 Å². The normalized spacial score (nSPS) is 12.8. The van der Waals surface area contributed by atoms with Gasteiger partial charge in [-0.25, -0.2) is 4.79 Å². The van der Waals surface area contributed by atoms with Gasteiger partial charge in [0.15, 0.2) is 0 Å². The standard InChI is InChI=1S/C10H15NO3/c1-4-5-6(2)9-8(10(12)13)7(3)14-11-9/h6H,4-5H2,1-3H3,(H,12,13). The summed E-state index contributed by atoms with van der Waals surface area (Å²) in [5, 5.41) is 12.8. The highest BCUT2D eigenvalue weighted by atomic mass is 16.5. The molecule has 1 unspecified atom stereocenters. The molecule has 0 fully saturated rings. The van der Waals surface area contributed by atoms with Crippen LogP contribution in [0.5, 0.6) is 0 Å². The van der Waals surface area contributed by atoms with Gasteiger partial charge in [-0.2, -0.15) is 0 Å². The zero-order valence-corrected chi connectivity index (χ0v) is 8.70. The average Bonchev–Trinajstić information content (AvgIpc) is 2.47. The summed E-state index contributed by atoms with van der Waals surface area (Å²) in [7, 11) is 0. The Bertz CT molecular complexity index is 330. The fourth-order valence-corrected chi connectivity index (χ4v) is 1.56. The fraction of sp³-hybridized carbons (Fsp3) is 0.600. The molecule has 0 amide bonds. The molecular formula is C10H15NO3. The second-order valence-electron chi connectivity index (χ2n) is 3.49. The van der Waals surface area contributed by atoms with E-state index in [-0.39, 0.29) is 11.5 Å². The molecule has 0 aromatic carbocycles. The summed E-state index contributed by atoms with van der Waals surface area (Å²) in [4.78, 5) is 10.9. The van der Waals surface area contributed by atoms with Crippen LogP contribution in [0.4, 0.5) is 0 Å². The largest absolute Gasteiger partial charge is 0.477 e. The molecule has 0 saturated carbocycles. The van der Waals surface area contributed by atoms with Crippen LogP contribution >= 0.6 is 0 Å². The minimum Gasteiger partial charge on any atom is -0.477 e. The number of rotatable bonds is 4. The molecular weight excluding hydrogens is 182 g/mol. The Kier molecular flexibility index (Phi) is 3.28. The lowest BCUT2D eigenvalue weighted by Crippen LogP contribution is -2.05. The van der Waals surface area contributed by atoms with E-state index in [0.717, 1.165) is 12.8 Å². The second kappa shape index (κ2) is 4.26. The summed E-state index contributed by atoms with van der Waals surface area (Å²) in [6.45, 7) is 5.65. The molecule has 1 heterocycles. The van der Waals surface area contributed by atoms with Gasteiger partial charge in [0.05, 0.1) is 0 Å². The second-order valence-corrected chi connectivity index (χ2v) is 3.49. The quantitative estimate of drug-likeness (QED) is 0.805. The van der Waals surface area contributed by atoms with Crippen LogP contribution in [0.2, 0.25) is 0 Å². The molecule has 1 atom stereocenters. The number of carbonyl (C=O) groups is 1. The minimum absolute atomic E-state index is 0.142. The topological polar surface area (TPSA) is 63.3 Å². The number of hydrogen-bond donors (Lipinski definition) is 1. The maximum atomic E-state index is 10.9. The lowest BCUT2D eigenvalue weighted by molar-refractivity contribution is 0.0693. The summed E-state index contributed by atoms with van der Waals surface area (Å²) >= 11 is 0. The van der Waals surface area contributed by atoms with Gasteiger partial charge in [0.25, 0.3) is 0 Å². The molecule has 4 heteroatoms. The maximum absolute atomic E-state index is 10.9. The van der Waals surface area contributed by atoms with Crippen LogP contribution in [0.1, 0.15) is 54.4 Å². The molecule has 0 aliphatic heterocycles. The van der Waals surface area contributed by atoms with Crippen molar-refractivity contribution >= 4 is 5.97 Å². The predicted octanol–water partition coefficient (Wildman–Crippen LogP) is 2.58. The first-order valence-electron chi connectivity index (χ1n) is 4.77.